The molecule has 3 fully saturated rings. The topological polar surface area (TPSA) is 72.8 Å². The Bertz CT molecular complexity index is 930. The lowest BCUT2D eigenvalue weighted by atomic mass is 9.35. The summed E-state index contributed by atoms with van der Waals surface area (Å²) in [6.07, 6.45) is 9.13. The van der Waals surface area contributed by atoms with Gasteiger partial charge in [-0.15, -0.1) is 0 Å². The van der Waals surface area contributed by atoms with Gasteiger partial charge in [0.15, 0.2) is 0 Å². The Balaban J connectivity index is 1.66. The highest BCUT2D eigenvalue weighted by Crippen LogP contribution is 2.73. The Morgan fingerprint density at radius 2 is 1.81 bits per heavy atom. The predicted molar refractivity (Wildman–Crippen MR) is 120 cm³/mol. The molecule has 176 valence electrons. The zero-order valence-corrected chi connectivity index (χ0v) is 20.4. The van der Waals surface area contributed by atoms with Crippen LogP contribution in [0.15, 0.2) is 23.3 Å². The second-order valence-electron chi connectivity index (χ2n) is 12.5. The van der Waals surface area contributed by atoms with E-state index in [0.717, 1.165) is 12.8 Å². The second kappa shape index (κ2) is 6.71. The molecule has 8 atom stereocenters. The summed E-state index contributed by atoms with van der Waals surface area (Å²) in [5.41, 5.74) is 0.861. The summed E-state index contributed by atoms with van der Waals surface area (Å²) in [6.45, 7) is 13.3. The summed E-state index contributed by atoms with van der Waals surface area (Å²) in [7, 11) is 0. The van der Waals surface area contributed by atoms with Crippen LogP contribution in [0, 0.1) is 39.4 Å². The fraction of sp³-hybridized carbons (Fsp3) is 0.778. The predicted octanol–water partition coefficient (Wildman–Crippen LogP) is 4.93. The van der Waals surface area contributed by atoms with Gasteiger partial charge in [0, 0.05) is 17.9 Å². The van der Waals surface area contributed by atoms with Gasteiger partial charge in [-0.1, -0.05) is 53.2 Å². The van der Waals surface area contributed by atoms with E-state index in [9.17, 15) is 14.7 Å². The highest BCUT2D eigenvalue weighted by molar-refractivity contribution is 5.96. The van der Waals surface area contributed by atoms with Gasteiger partial charge in [-0.3, -0.25) is 4.79 Å². The minimum Gasteiger partial charge on any atom is -0.462 e. The van der Waals surface area contributed by atoms with Crippen LogP contribution in [-0.2, 0) is 19.1 Å². The maximum atomic E-state index is 12.4. The van der Waals surface area contributed by atoms with E-state index in [-0.39, 0.29) is 22.7 Å². The Labute approximate surface area is 191 Å². The molecule has 5 nitrogen and oxygen atoms in total. The van der Waals surface area contributed by atoms with Gasteiger partial charge in [0.2, 0.25) is 6.29 Å². The van der Waals surface area contributed by atoms with Crippen molar-refractivity contribution in [1.29, 1.82) is 0 Å². The lowest BCUT2D eigenvalue weighted by Crippen LogP contribution is -2.65. The highest BCUT2D eigenvalue weighted by Gasteiger charge is 2.69. The van der Waals surface area contributed by atoms with Crippen molar-refractivity contribution in [2.24, 2.45) is 39.4 Å². The highest BCUT2D eigenvalue weighted by atomic mass is 16.6. The molecular weight excluding hydrogens is 404 g/mol. The number of carbonyl (C=O) groups is 2. The summed E-state index contributed by atoms with van der Waals surface area (Å²) in [6, 6.07) is 0. The first-order chi connectivity index (χ1) is 14.9. The number of aliphatic hydroxyl groups excluding tert-OH is 1. The van der Waals surface area contributed by atoms with Gasteiger partial charge in [0.1, 0.15) is 6.10 Å². The van der Waals surface area contributed by atoms with Crippen molar-refractivity contribution in [2.45, 2.75) is 92.5 Å². The van der Waals surface area contributed by atoms with Crippen LogP contribution in [0.3, 0.4) is 0 Å². The van der Waals surface area contributed by atoms with Gasteiger partial charge in [0.25, 0.3) is 0 Å². The van der Waals surface area contributed by atoms with Crippen molar-refractivity contribution >= 4 is 11.9 Å². The fourth-order valence-corrected chi connectivity index (χ4v) is 9.45. The molecule has 0 saturated heterocycles. The van der Waals surface area contributed by atoms with Crippen LogP contribution in [0.4, 0.5) is 0 Å². The van der Waals surface area contributed by atoms with Crippen LogP contribution in [0.5, 0.6) is 0 Å². The molecule has 0 aromatic rings. The summed E-state index contributed by atoms with van der Waals surface area (Å²) < 4.78 is 11.3. The largest absolute Gasteiger partial charge is 0.462 e. The van der Waals surface area contributed by atoms with Gasteiger partial charge >= 0.3 is 11.9 Å². The van der Waals surface area contributed by atoms with Crippen molar-refractivity contribution in [2.75, 3.05) is 0 Å². The summed E-state index contributed by atoms with van der Waals surface area (Å²) in [4.78, 5) is 24.7. The van der Waals surface area contributed by atoms with Crippen molar-refractivity contribution < 1.29 is 24.2 Å². The molecule has 1 unspecified atom stereocenters. The molecule has 0 aromatic heterocycles. The molecule has 0 aromatic carbocycles. The molecule has 1 heterocycles. The number of hydrogen-bond acceptors (Lipinski definition) is 5. The molecule has 0 radical (unpaired) electrons. The molecular formula is C27H38O5. The first kappa shape index (κ1) is 22.2. The van der Waals surface area contributed by atoms with E-state index in [0.29, 0.717) is 28.4 Å². The van der Waals surface area contributed by atoms with Crippen LogP contribution >= 0.6 is 0 Å². The summed E-state index contributed by atoms with van der Waals surface area (Å²) >= 11 is 0. The minimum absolute atomic E-state index is 0.00947. The van der Waals surface area contributed by atoms with Gasteiger partial charge in [-0.25, -0.2) is 4.79 Å². The lowest BCUT2D eigenvalue weighted by molar-refractivity contribution is -0.218. The van der Waals surface area contributed by atoms with E-state index in [2.05, 4.69) is 40.7 Å². The van der Waals surface area contributed by atoms with Crippen molar-refractivity contribution in [3.05, 3.63) is 23.3 Å². The van der Waals surface area contributed by atoms with E-state index < -0.39 is 23.8 Å². The maximum Gasteiger partial charge on any atom is 0.340 e. The van der Waals surface area contributed by atoms with Crippen LogP contribution in [0.2, 0.25) is 0 Å². The average Bonchev–Trinajstić information content (AvgIpc) is 2.97. The van der Waals surface area contributed by atoms with Crippen LogP contribution in [0.1, 0.15) is 80.1 Å². The fourth-order valence-electron chi connectivity index (χ4n) is 9.45. The molecule has 5 heteroatoms. The SMILES string of the molecule is CC(=O)O[C@H]1C[C@H]2[C@@](C)(CCC3C(C)(C)CCC[C@@]32C)[C@@H]2C=CC3=C([C@@H](O)OC3=O)[C@@]12C. The average molecular weight is 443 g/mol. The Morgan fingerprint density at radius 3 is 2.50 bits per heavy atom. The minimum atomic E-state index is -1.27. The molecule has 1 N–H and O–H groups in total. The van der Waals surface area contributed by atoms with Crippen LogP contribution in [-0.4, -0.2) is 29.4 Å². The summed E-state index contributed by atoms with van der Waals surface area (Å²) in [5, 5.41) is 10.8. The van der Waals surface area contributed by atoms with Gasteiger partial charge in [-0.05, 0) is 66.1 Å². The third kappa shape index (κ3) is 2.66. The third-order valence-corrected chi connectivity index (χ3v) is 10.6. The first-order valence-corrected chi connectivity index (χ1v) is 12.3. The Hall–Kier alpha value is -1.62. The zero-order chi connectivity index (χ0) is 23.3. The van der Waals surface area contributed by atoms with E-state index in [1.165, 1.54) is 32.6 Å². The molecule has 0 bridgehead atoms. The molecule has 4 aliphatic carbocycles. The van der Waals surface area contributed by atoms with Crippen molar-refractivity contribution in [3.8, 4) is 0 Å². The number of ether oxygens (including phenoxy) is 2. The third-order valence-electron chi connectivity index (χ3n) is 10.6. The molecule has 5 rings (SSSR count). The number of aliphatic hydroxyl groups is 1. The maximum absolute atomic E-state index is 12.4. The number of esters is 2. The molecule has 0 amide bonds. The van der Waals surface area contributed by atoms with Crippen molar-refractivity contribution in [1.82, 2.24) is 0 Å². The van der Waals surface area contributed by atoms with E-state index in [4.69, 9.17) is 9.47 Å². The molecule has 3 saturated carbocycles. The van der Waals surface area contributed by atoms with Gasteiger partial charge < -0.3 is 14.6 Å². The molecule has 0 spiro atoms. The number of fused-ring (bicyclic) bond motifs is 6. The standard InChI is InChI=1S/C27H38O5/c1-15(28)31-20-14-19-25(4)12-7-11-24(2,3)17(25)10-13-26(19,5)18-9-8-16-21(27(18,20)6)23(30)32-22(16)29/h8-9,17-20,23,30H,7,10-14H2,1-6H3/t17?,18-,19+,20-,23-,25-,26-,27+/m0/s1. The number of hydrogen-bond donors (Lipinski definition) is 1. The zero-order valence-electron chi connectivity index (χ0n) is 20.4. The van der Waals surface area contributed by atoms with Crippen LogP contribution < -0.4 is 0 Å². The second-order valence-corrected chi connectivity index (χ2v) is 12.5. The monoisotopic (exact) mass is 442 g/mol. The molecule has 5 aliphatic rings. The normalized spacial score (nSPS) is 48.8. The summed E-state index contributed by atoms with van der Waals surface area (Å²) in [5.74, 6) is 0.313. The van der Waals surface area contributed by atoms with E-state index in [1.807, 2.05) is 6.08 Å². The number of rotatable bonds is 1. The number of cyclic esters (lactones) is 1. The molecule has 1 aliphatic heterocycles. The number of allylic oxidation sites excluding steroid dienone is 1. The molecule has 32 heavy (non-hydrogen) atoms. The van der Waals surface area contributed by atoms with E-state index in [1.54, 1.807) is 0 Å². The van der Waals surface area contributed by atoms with Crippen molar-refractivity contribution in [3.63, 3.8) is 0 Å². The smallest absolute Gasteiger partial charge is 0.340 e. The van der Waals surface area contributed by atoms with Crippen LogP contribution in [0.25, 0.3) is 0 Å². The lowest BCUT2D eigenvalue weighted by Gasteiger charge is -2.69. The Kier molecular flexibility index (Phi) is 4.65. The van der Waals surface area contributed by atoms with Gasteiger partial charge in [0.05, 0.1) is 5.57 Å². The van der Waals surface area contributed by atoms with Gasteiger partial charge in [-0.2, -0.15) is 0 Å². The van der Waals surface area contributed by atoms with E-state index >= 15 is 0 Å². The Morgan fingerprint density at radius 1 is 1.09 bits per heavy atom. The number of carbonyl (C=O) groups excluding carboxylic acids is 2. The quantitative estimate of drug-likeness (QED) is 0.583. The first-order valence-electron chi connectivity index (χ1n) is 12.3.